The normalized spacial score (nSPS) is 23.9. The van der Waals surface area contributed by atoms with E-state index in [4.69, 9.17) is 9.47 Å². The average molecular weight is 465 g/mol. The molecule has 1 saturated heterocycles. The lowest BCUT2D eigenvalue weighted by atomic mass is 9.91. The Bertz CT molecular complexity index is 931. The summed E-state index contributed by atoms with van der Waals surface area (Å²) < 4.78 is 11.1. The molecule has 2 aliphatic rings. The van der Waals surface area contributed by atoms with E-state index in [0.717, 1.165) is 25.9 Å². The number of hydrogen-bond acceptors (Lipinski definition) is 5. The van der Waals surface area contributed by atoms with E-state index in [2.05, 4.69) is 53.4 Å². The first kappa shape index (κ1) is 24.3. The number of esters is 1. The van der Waals surface area contributed by atoms with Gasteiger partial charge in [0.1, 0.15) is 11.6 Å². The van der Waals surface area contributed by atoms with Crippen molar-refractivity contribution in [3.8, 4) is 0 Å². The standard InChI is InChI=1S/C28H36N2O4/c1-5-33-26(31)25-23-16-22(30(25)27(32)34-28(2,3)4)17-24(23)29(18-20-12-8-6-9-13-20)19-21-14-10-7-11-15-21/h6-15,22-25H,5,16-19H2,1-4H3/t22-,23+,24+,25+/m1/s1. The van der Waals surface area contributed by atoms with Crippen molar-refractivity contribution in [1.82, 2.24) is 9.80 Å². The largest absolute Gasteiger partial charge is 0.464 e. The van der Waals surface area contributed by atoms with Crippen LogP contribution in [0.2, 0.25) is 0 Å². The number of carbonyl (C=O) groups is 2. The molecule has 0 spiro atoms. The summed E-state index contributed by atoms with van der Waals surface area (Å²) in [5.41, 5.74) is 1.85. The SMILES string of the molecule is CCOC(=O)[C@@H]1[C@H]2C[C@H](C[C@@H]2N(Cc2ccccc2)Cc2ccccc2)N1C(=O)OC(C)(C)C. The Labute approximate surface area is 202 Å². The van der Waals surface area contributed by atoms with Crippen molar-refractivity contribution in [2.75, 3.05) is 6.61 Å². The second kappa shape index (κ2) is 10.2. The Balaban J connectivity index is 1.61. The van der Waals surface area contributed by atoms with Gasteiger partial charge in [-0.05, 0) is 51.7 Å². The van der Waals surface area contributed by atoms with Crippen LogP contribution >= 0.6 is 0 Å². The number of benzene rings is 2. The van der Waals surface area contributed by atoms with Crippen LogP contribution in [-0.2, 0) is 27.4 Å². The van der Waals surface area contributed by atoms with E-state index in [0.29, 0.717) is 0 Å². The molecule has 6 nitrogen and oxygen atoms in total. The first-order valence-corrected chi connectivity index (χ1v) is 12.3. The van der Waals surface area contributed by atoms with Crippen LogP contribution < -0.4 is 0 Å². The highest BCUT2D eigenvalue weighted by Gasteiger charge is 2.58. The molecule has 182 valence electrons. The second-order valence-electron chi connectivity index (χ2n) is 10.3. The number of ether oxygens (including phenoxy) is 2. The van der Waals surface area contributed by atoms with Crippen LogP contribution in [0.1, 0.15) is 51.7 Å². The van der Waals surface area contributed by atoms with Gasteiger partial charge >= 0.3 is 12.1 Å². The molecule has 34 heavy (non-hydrogen) atoms. The molecule has 2 bridgehead atoms. The summed E-state index contributed by atoms with van der Waals surface area (Å²) in [6, 6.07) is 20.4. The highest BCUT2D eigenvalue weighted by atomic mass is 16.6. The lowest BCUT2D eigenvalue weighted by Crippen LogP contribution is -2.57. The molecule has 6 heteroatoms. The van der Waals surface area contributed by atoms with Gasteiger partial charge in [0.25, 0.3) is 0 Å². The molecule has 4 rings (SSSR count). The van der Waals surface area contributed by atoms with Crippen LogP contribution in [0.3, 0.4) is 0 Å². The lowest BCUT2D eigenvalue weighted by Gasteiger charge is -2.42. The highest BCUT2D eigenvalue weighted by molar-refractivity contribution is 5.83. The predicted octanol–water partition coefficient (Wildman–Crippen LogP) is 5.02. The summed E-state index contributed by atoms with van der Waals surface area (Å²) in [6.45, 7) is 9.21. The summed E-state index contributed by atoms with van der Waals surface area (Å²) in [4.78, 5) is 30.3. The lowest BCUT2D eigenvalue weighted by molar-refractivity contribution is -0.152. The zero-order valence-electron chi connectivity index (χ0n) is 20.6. The van der Waals surface area contributed by atoms with Gasteiger partial charge in [-0.3, -0.25) is 9.80 Å². The first-order chi connectivity index (χ1) is 16.3. The molecule has 4 atom stereocenters. The van der Waals surface area contributed by atoms with E-state index in [1.807, 2.05) is 32.9 Å². The molecule has 1 saturated carbocycles. The quantitative estimate of drug-likeness (QED) is 0.539. The Morgan fingerprint density at radius 1 is 0.941 bits per heavy atom. The number of amides is 1. The molecule has 2 aromatic rings. The number of nitrogens with zero attached hydrogens (tertiary/aromatic N) is 2. The number of hydrogen-bond donors (Lipinski definition) is 0. The Hall–Kier alpha value is -2.86. The maximum Gasteiger partial charge on any atom is 0.411 e. The van der Waals surface area contributed by atoms with Gasteiger partial charge in [0, 0.05) is 31.1 Å². The number of carbonyl (C=O) groups excluding carboxylic acids is 2. The number of rotatable bonds is 7. The molecule has 2 aromatic carbocycles. The molecule has 1 amide bonds. The molecular weight excluding hydrogens is 428 g/mol. The molecule has 0 radical (unpaired) electrons. The van der Waals surface area contributed by atoms with Gasteiger partial charge in [-0.25, -0.2) is 9.59 Å². The van der Waals surface area contributed by atoms with Crippen LogP contribution in [0.4, 0.5) is 4.79 Å². The predicted molar refractivity (Wildman–Crippen MR) is 131 cm³/mol. The third kappa shape index (κ3) is 5.44. The Morgan fingerprint density at radius 2 is 1.50 bits per heavy atom. The van der Waals surface area contributed by atoms with Gasteiger partial charge in [0.05, 0.1) is 6.61 Å². The summed E-state index contributed by atoms with van der Waals surface area (Å²) in [5.74, 6) is -0.325. The van der Waals surface area contributed by atoms with Crippen molar-refractivity contribution in [3.63, 3.8) is 0 Å². The third-order valence-corrected chi connectivity index (χ3v) is 6.71. The van der Waals surface area contributed by atoms with E-state index < -0.39 is 17.7 Å². The van der Waals surface area contributed by atoms with Crippen molar-refractivity contribution in [1.29, 1.82) is 0 Å². The molecule has 0 unspecified atom stereocenters. The van der Waals surface area contributed by atoms with Gasteiger partial charge in [-0.1, -0.05) is 60.7 Å². The monoisotopic (exact) mass is 464 g/mol. The van der Waals surface area contributed by atoms with Crippen LogP contribution in [0.25, 0.3) is 0 Å². The van der Waals surface area contributed by atoms with Crippen LogP contribution in [0.15, 0.2) is 60.7 Å². The van der Waals surface area contributed by atoms with Gasteiger partial charge in [0.2, 0.25) is 0 Å². The topological polar surface area (TPSA) is 59.1 Å². The molecule has 1 aliphatic heterocycles. The molecule has 1 aliphatic carbocycles. The van der Waals surface area contributed by atoms with Gasteiger partial charge < -0.3 is 9.47 Å². The van der Waals surface area contributed by atoms with Crippen LogP contribution in [0.5, 0.6) is 0 Å². The van der Waals surface area contributed by atoms with Gasteiger partial charge in [-0.15, -0.1) is 0 Å². The number of likely N-dealkylation sites (tertiary alicyclic amines) is 1. The highest BCUT2D eigenvalue weighted by Crippen LogP contribution is 2.46. The smallest absolute Gasteiger partial charge is 0.411 e. The Kier molecular flexibility index (Phi) is 7.27. The van der Waals surface area contributed by atoms with Crippen molar-refractivity contribution < 1.29 is 19.1 Å². The zero-order chi connectivity index (χ0) is 24.3. The zero-order valence-corrected chi connectivity index (χ0v) is 20.6. The summed E-state index contributed by atoms with van der Waals surface area (Å²) >= 11 is 0. The number of piperidine rings is 1. The molecule has 0 N–H and O–H groups in total. The minimum absolute atomic E-state index is 0.00370. The third-order valence-electron chi connectivity index (χ3n) is 6.71. The van der Waals surface area contributed by atoms with Crippen molar-refractivity contribution in [2.24, 2.45) is 5.92 Å². The summed E-state index contributed by atoms with van der Waals surface area (Å²) in [5, 5.41) is 0. The van der Waals surface area contributed by atoms with Crippen LogP contribution in [0, 0.1) is 5.92 Å². The van der Waals surface area contributed by atoms with Crippen LogP contribution in [-0.4, -0.2) is 52.2 Å². The number of fused-ring (bicyclic) bond motifs is 2. The summed E-state index contributed by atoms with van der Waals surface area (Å²) in [7, 11) is 0. The fraction of sp³-hybridized carbons (Fsp3) is 0.500. The van der Waals surface area contributed by atoms with Crippen molar-refractivity contribution in [2.45, 2.75) is 77.4 Å². The van der Waals surface area contributed by atoms with E-state index in [1.165, 1.54) is 11.1 Å². The van der Waals surface area contributed by atoms with E-state index in [-0.39, 0.29) is 30.6 Å². The average Bonchev–Trinajstić information content (AvgIpc) is 3.38. The maximum atomic E-state index is 13.1. The molecule has 0 aromatic heterocycles. The molecular formula is C28H36N2O4. The van der Waals surface area contributed by atoms with E-state index in [1.54, 1.807) is 11.8 Å². The Morgan fingerprint density at radius 3 is 2.00 bits per heavy atom. The van der Waals surface area contributed by atoms with Gasteiger partial charge in [0.15, 0.2) is 0 Å². The van der Waals surface area contributed by atoms with Crippen molar-refractivity contribution >= 4 is 12.1 Å². The minimum Gasteiger partial charge on any atom is -0.464 e. The van der Waals surface area contributed by atoms with Gasteiger partial charge in [-0.2, -0.15) is 0 Å². The molecule has 1 heterocycles. The second-order valence-corrected chi connectivity index (χ2v) is 10.3. The summed E-state index contributed by atoms with van der Waals surface area (Å²) in [6.07, 6.45) is 1.18. The molecule has 2 fully saturated rings. The first-order valence-electron chi connectivity index (χ1n) is 12.3. The fourth-order valence-electron chi connectivity index (χ4n) is 5.46. The van der Waals surface area contributed by atoms with Crippen molar-refractivity contribution in [3.05, 3.63) is 71.8 Å². The maximum absolute atomic E-state index is 13.1. The van der Waals surface area contributed by atoms with E-state index >= 15 is 0 Å². The van der Waals surface area contributed by atoms with E-state index in [9.17, 15) is 9.59 Å². The minimum atomic E-state index is -0.621. The fourth-order valence-corrected chi connectivity index (χ4v) is 5.46.